The Labute approximate surface area is 94.4 Å². The summed E-state index contributed by atoms with van der Waals surface area (Å²) in [6, 6.07) is 8.25. The van der Waals surface area contributed by atoms with Gasteiger partial charge in [0.1, 0.15) is 0 Å². The second-order valence-electron chi connectivity index (χ2n) is 3.71. The van der Waals surface area contributed by atoms with Crippen molar-refractivity contribution < 1.29 is 4.79 Å². The molecule has 3 heteroatoms. The first-order valence-corrected chi connectivity index (χ1v) is 6.32. The Morgan fingerprint density at radius 2 is 2.07 bits per heavy atom. The molecule has 15 heavy (non-hydrogen) atoms. The monoisotopic (exact) mass is 221 g/mol. The number of rotatable bonds is 4. The molecule has 1 aliphatic rings. The SMILES string of the molecule is CCSc1ccc(C(=O)NC2CC2)cc1. The number of benzene rings is 1. The van der Waals surface area contributed by atoms with Gasteiger partial charge in [-0.15, -0.1) is 11.8 Å². The summed E-state index contributed by atoms with van der Waals surface area (Å²) in [4.78, 5) is 12.9. The van der Waals surface area contributed by atoms with E-state index >= 15 is 0 Å². The van der Waals surface area contributed by atoms with Crippen LogP contribution >= 0.6 is 11.8 Å². The van der Waals surface area contributed by atoms with Gasteiger partial charge < -0.3 is 5.32 Å². The van der Waals surface area contributed by atoms with Crippen molar-refractivity contribution in [2.45, 2.75) is 30.7 Å². The predicted octanol–water partition coefficient (Wildman–Crippen LogP) is 2.69. The van der Waals surface area contributed by atoms with Crippen LogP contribution in [0.3, 0.4) is 0 Å². The molecule has 2 rings (SSSR count). The van der Waals surface area contributed by atoms with Crippen molar-refractivity contribution in [2.75, 3.05) is 5.75 Å². The average Bonchev–Trinajstić information content (AvgIpc) is 3.03. The minimum absolute atomic E-state index is 0.0607. The van der Waals surface area contributed by atoms with Gasteiger partial charge in [0.25, 0.3) is 5.91 Å². The summed E-state index contributed by atoms with van der Waals surface area (Å²) < 4.78 is 0. The van der Waals surface area contributed by atoms with Gasteiger partial charge in [-0.25, -0.2) is 0 Å². The molecule has 80 valence electrons. The molecule has 0 radical (unpaired) electrons. The molecule has 0 bridgehead atoms. The Balaban J connectivity index is 1.98. The number of hydrogen-bond acceptors (Lipinski definition) is 2. The number of hydrogen-bond donors (Lipinski definition) is 1. The molecule has 0 spiro atoms. The minimum Gasteiger partial charge on any atom is -0.349 e. The van der Waals surface area contributed by atoms with Gasteiger partial charge in [-0.2, -0.15) is 0 Å². The number of thioether (sulfide) groups is 1. The lowest BCUT2D eigenvalue weighted by Crippen LogP contribution is -2.25. The first-order valence-electron chi connectivity index (χ1n) is 5.33. The highest BCUT2D eigenvalue weighted by atomic mass is 32.2. The van der Waals surface area contributed by atoms with Gasteiger partial charge in [0, 0.05) is 16.5 Å². The van der Waals surface area contributed by atoms with E-state index in [1.54, 1.807) is 11.8 Å². The van der Waals surface area contributed by atoms with Crippen LogP contribution in [-0.2, 0) is 0 Å². The van der Waals surface area contributed by atoms with E-state index in [4.69, 9.17) is 0 Å². The number of amides is 1. The maximum absolute atomic E-state index is 11.6. The van der Waals surface area contributed by atoms with Crippen LogP contribution in [0, 0.1) is 0 Å². The first-order chi connectivity index (χ1) is 7.29. The van der Waals surface area contributed by atoms with E-state index < -0.39 is 0 Å². The lowest BCUT2D eigenvalue weighted by molar-refractivity contribution is 0.0951. The number of carbonyl (C=O) groups is 1. The van der Waals surface area contributed by atoms with Crippen molar-refractivity contribution in [3.8, 4) is 0 Å². The maximum atomic E-state index is 11.6. The average molecular weight is 221 g/mol. The van der Waals surface area contributed by atoms with Crippen molar-refractivity contribution in [1.29, 1.82) is 0 Å². The molecule has 1 N–H and O–H groups in total. The second kappa shape index (κ2) is 4.71. The van der Waals surface area contributed by atoms with Crippen LogP contribution in [0.4, 0.5) is 0 Å². The summed E-state index contributed by atoms with van der Waals surface area (Å²) in [6.07, 6.45) is 2.27. The zero-order chi connectivity index (χ0) is 10.7. The van der Waals surface area contributed by atoms with Gasteiger partial charge in [-0.1, -0.05) is 6.92 Å². The van der Waals surface area contributed by atoms with Crippen LogP contribution in [-0.4, -0.2) is 17.7 Å². The Morgan fingerprint density at radius 3 is 2.60 bits per heavy atom. The third kappa shape index (κ3) is 2.99. The van der Waals surface area contributed by atoms with E-state index in [0.29, 0.717) is 6.04 Å². The Hall–Kier alpha value is -0.960. The van der Waals surface area contributed by atoms with Gasteiger partial charge in [0.2, 0.25) is 0 Å². The molecular formula is C12H15NOS. The van der Waals surface area contributed by atoms with Gasteiger partial charge in [0.05, 0.1) is 0 Å². The van der Waals surface area contributed by atoms with Gasteiger partial charge in [0.15, 0.2) is 0 Å². The zero-order valence-corrected chi connectivity index (χ0v) is 9.64. The summed E-state index contributed by atoms with van der Waals surface area (Å²) in [5, 5.41) is 2.98. The molecule has 1 amide bonds. The van der Waals surface area contributed by atoms with Crippen molar-refractivity contribution >= 4 is 17.7 Å². The summed E-state index contributed by atoms with van der Waals surface area (Å²) in [6.45, 7) is 2.12. The quantitative estimate of drug-likeness (QED) is 0.792. The minimum atomic E-state index is 0.0607. The van der Waals surface area contributed by atoms with Gasteiger partial charge in [-0.05, 0) is 42.9 Å². The van der Waals surface area contributed by atoms with Crippen molar-refractivity contribution in [1.82, 2.24) is 5.32 Å². The van der Waals surface area contributed by atoms with E-state index in [0.717, 1.165) is 24.2 Å². The standard InChI is InChI=1S/C12H15NOS/c1-2-15-11-7-3-9(4-8-11)12(14)13-10-5-6-10/h3-4,7-8,10H,2,5-6H2,1H3,(H,13,14). The smallest absolute Gasteiger partial charge is 0.251 e. The van der Waals surface area contributed by atoms with Crippen LogP contribution in [0.2, 0.25) is 0 Å². The summed E-state index contributed by atoms with van der Waals surface area (Å²) >= 11 is 1.79. The highest BCUT2D eigenvalue weighted by Gasteiger charge is 2.23. The molecular weight excluding hydrogens is 206 g/mol. The van der Waals surface area contributed by atoms with Crippen molar-refractivity contribution in [3.63, 3.8) is 0 Å². The molecule has 1 saturated carbocycles. The van der Waals surface area contributed by atoms with Crippen molar-refractivity contribution in [3.05, 3.63) is 29.8 Å². The van der Waals surface area contributed by atoms with Gasteiger partial charge >= 0.3 is 0 Å². The zero-order valence-electron chi connectivity index (χ0n) is 8.82. The molecule has 1 aromatic rings. The van der Waals surface area contributed by atoms with E-state index in [1.165, 1.54) is 4.90 Å². The topological polar surface area (TPSA) is 29.1 Å². The maximum Gasteiger partial charge on any atom is 0.251 e. The van der Waals surface area contributed by atoms with Gasteiger partial charge in [-0.3, -0.25) is 4.79 Å². The molecule has 0 aromatic heterocycles. The number of nitrogens with one attached hydrogen (secondary N) is 1. The molecule has 0 atom stereocenters. The van der Waals surface area contributed by atoms with E-state index in [2.05, 4.69) is 12.2 Å². The fourth-order valence-corrected chi connectivity index (χ4v) is 2.03. The summed E-state index contributed by atoms with van der Waals surface area (Å²) in [5.41, 5.74) is 0.766. The second-order valence-corrected chi connectivity index (χ2v) is 5.04. The van der Waals surface area contributed by atoms with Crippen LogP contribution in [0.25, 0.3) is 0 Å². The van der Waals surface area contributed by atoms with E-state index in [1.807, 2.05) is 24.3 Å². The molecule has 0 heterocycles. The predicted molar refractivity (Wildman–Crippen MR) is 63.3 cm³/mol. The molecule has 1 aromatic carbocycles. The van der Waals surface area contributed by atoms with Crippen LogP contribution in [0.5, 0.6) is 0 Å². The normalized spacial score (nSPS) is 15.0. The van der Waals surface area contributed by atoms with E-state index in [9.17, 15) is 4.79 Å². The van der Waals surface area contributed by atoms with Crippen LogP contribution in [0.1, 0.15) is 30.1 Å². The summed E-state index contributed by atoms with van der Waals surface area (Å²) in [7, 11) is 0. The molecule has 0 saturated heterocycles. The highest BCUT2D eigenvalue weighted by Crippen LogP contribution is 2.20. The lowest BCUT2D eigenvalue weighted by Gasteiger charge is -2.04. The molecule has 1 fully saturated rings. The third-order valence-electron chi connectivity index (χ3n) is 2.34. The van der Waals surface area contributed by atoms with Crippen LogP contribution in [0.15, 0.2) is 29.2 Å². The number of carbonyl (C=O) groups excluding carboxylic acids is 1. The largest absolute Gasteiger partial charge is 0.349 e. The molecule has 0 aliphatic heterocycles. The first kappa shape index (κ1) is 10.6. The van der Waals surface area contributed by atoms with Crippen LogP contribution < -0.4 is 5.32 Å². The van der Waals surface area contributed by atoms with Crippen molar-refractivity contribution in [2.24, 2.45) is 0 Å². The fraction of sp³-hybridized carbons (Fsp3) is 0.417. The summed E-state index contributed by atoms with van der Waals surface area (Å²) in [5.74, 6) is 1.12. The molecule has 0 unspecified atom stereocenters. The highest BCUT2D eigenvalue weighted by molar-refractivity contribution is 7.99. The fourth-order valence-electron chi connectivity index (χ4n) is 1.37. The Morgan fingerprint density at radius 1 is 1.40 bits per heavy atom. The lowest BCUT2D eigenvalue weighted by atomic mass is 10.2. The Kier molecular flexibility index (Phi) is 3.31. The van der Waals surface area contributed by atoms with E-state index in [-0.39, 0.29) is 5.91 Å². The third-order valence-corrected chi connectivity index (χ3v) is 3.23. The Bertz CT molecular complexity index is 343. The molecule has 1 aliphatic carbocycles. The molecule has 2 nitrogen and oxygen atoms in total.